The maximum absolute atomic E-state index is 13.4. The molecule has 170 valence electrons. The molecule has 0 aliphatic heterocycles. The van der Waals surface area contributed by atoms with E-state index in [0.29, 0.717) is 17.8 Å². The predicted octanol–water partition coefficient (Wildman–Crippen LogP) is 2.88. The van der Waals surface area contributed by atoms with E-state index in [1.807, 2.05) is 51.1 Å². The number of carbonyl (C=O) groups is 1. The maximum atomic E-state index is 13.4. The number of benzene rings is 1. The molecule has 0 fully saturated rings. The minimum atomic E-state index is -0.382. The van der Waals surface area contributed by atoms with Crippen molar-refractivity contribution in [2.24, 2.45) is 5.92 Å². The van der Waals surface area contributed by atoms with Gasteiger partial charge in [0.05, 0.1) is 24.6 Å². The van der Waals surface area contributed by atoms with Gasteiger partial charge in [-0.05, 0) is 48.2 Å². The molecule has 0 unspecified atom stereocenters. The highest BCUT2D eigenvalue weighted by atomic mass is 16.5. The summed E-state index contributed by atoms with van der Waals surface area (Å²) in [4.78, 5) is 31.1. The number of nitrogens with zero attached hydrogens (tertiary/aromatic N) is 3. The number of pyridine rings is 2. The molecule has 0 radical (unpaired) electrons. The number of amides is 1. The number of hydrogen-bond donors (Lipinski definition) is 2. The fraction of sp³-hybridized carbons (Fsp3) is 0.280. The summed E-state index contributed by atoms with van der Waals surface area (Å²) in [6.07, 6.45) is 1.66. The number of nitrogens with one attached hydrogen (secondary N) is 2. The average molecular weight is 446 g/mol. The van der Waals surface area contributed by atoms with Gasteiger partial charge in [-0.25, -0.2) is 4.98 Å². The topological polar surface area (TPSA) is 101 Å². The molecule has 0 bridgehead atoms. The molecule has 0 saturated carbocycles. The Morgan fingerprint density at radius 3 is 2.58 bits per heavy atom. The number of rotatable bonds is 6. The van der Waals surface area contributed by atoms with Gasteiger partial charge in [-0.1, -0.05) is 32.0 Å². The van der Waals surface area contributed by atoms with Crippen LogP contribution in [0.4, 0.5) is 0 Å². The van der Waals surface area contributed by atoms with Crippen LogP contribution in [0.1, 0.15) is 35.3 Å². The zero-order chi connectivity index (χ0) is 23.7. The molecule has 0 aliphatic carbocycles. The van der Waals surface area contributed by atoms with Gasteiger partial charge in [0.2, 0.25) is 0 Å². The molecular formula is C25H27N5O3. The van der Waals surface area contributed by atoms with Gasteiger partial charge in [0.25, 0.3) is 11.5 Å². The summed E-state index contributed by atoms with van der Waals surface area (Å²) < 4.78 is 8.34. The number of fused-ring (bicyclic) bond motifs is 2. The van der Waals surface area contributed by atoms with Crippen LogP contribution in [0, 0.1) is 18.3 Å². The van der Waals surface area contributed by atoms with E-state index in [1.165, 1.54) is 10.5 Å². The standard InChI is InChI=1S/C25H27N5O3/c1-15(2)13-27-24(31)19-12-20-23(28-22-16(3)6-5-11-29(22)25(20)32)30(21(19)26)14-17-7-9-18(33-4)10-8-17/h5-12,15,26H,13-14H2,1-4H3,(H,27,31). The minimum absolute atomic E-state index is 0.00408. The molecule has 8 nitrogen and oxygen atoms in total. The first-order chi connectivity index (χ1) is 15.8. The Bertz CT molecular complexity index is 1470. The van der Waals surface area contributed by atoms with Crippen molar-refractivity contribution in [3.63, 3.8) is 0 Å². The highest BCUT2D eigenvalue weighted by Gasteiger charge is 2.18. The fourth-order valence-corrected chi connectivity index (χ4v) is 3.73. The van der Waals surface area contributed by atoms with Crippen LogP contribution in [0.3, 0.4) is 0 Å². The number of aryl methyl sites for hydroxylation is 1. The molecule has 0 aliphatic rings. The molecule has 4 rings (SSSR count). The van der Waals surface area contributed by atoms with Crippen molar-refractivity contribution in [3.8, 4) is 5.75 Å². The molecule has 33 heavy (non-hydrogen) atoms. The third-order valence-electron chi connectivity index (χ3n) is 5.55. The first-order valence-corrected chi connectivity index (χ1v) is 10.8. The molecule has 3 aromatic heterocycles. The van der Waals surface area contributed by atoms with E-state index in [2.05, 4.69) is 5.32 Å². The Morgan fingerprint density at radius 2 is 1.91 bits per heavy atom. The third-order valence-corrected chi connectivity index (χ3v) is 5.55. The number of methoxy groups -OCH3 is 1. The van der Waals surface area contributed by atoms with Crippen molar-refractivity contribution in [2.45, 2.75) is 27.3 Å². The van der Waals surface area contributed by atoms with Gasteiger partial charge in [0.15, 0.2) is 0 Å². The van der Waals surface area contributed by atoms with Crippen molar-refractivity contribution >= 4 is 22.6 Å². The molecular weight excluding hydrogens is 418 g/mol. The van der Waals surface area contributed by atoms with Gasteiger partial charge in [-0.2, -0.15) is 0 Å². The van der Waals surface area contributed by atoms with Crippen LogP contribution in [0.5, 0.6) is 5.75 Å². The summed E-state index contributed by atoms with van der Waals surface area (Å²) in [5, 5.41) is 12.0. The summed E-state index contributed by atoms with van der Waals surface area (Å²) >= 11 is 0. The zero-order valence-electron chi connectivity index (χ0n) is 19.2. The molecule has 2 N–H and O–H groups in total. The second kappa shape index (κ2) is 8.90. The van der Waals surface area contributed by atoms with E-state index >= 15 is 0 Å². The van der Waals surface area contributed by atoms with Crippen molar-refractivity contribution in [1.29, 1.82) is 5.41 Å². The molecule has 1 aromatic carbocycles. The molecule has 0 spiro atoms. The van der Waals surface area contributed by atoms with E-state index in [1.54, 1.807) is 23.9 Å². The van der Waals surface area contributed by atoms with Crippen molar-refractivity contribution in [3.05, 3.63) is 81.2 Å². The van der Waals surface area contributed by atoms with Gasteiger partial charge >= 0.3 is 0 Å². The van der Waals surface area contributed by atoms with Gasteiger partial charge in [-0.15, -0.1) is 0 Å². The first-order valence-electron chi connectivity index (χ1n) is 10.8. The highest BCUT2D eigenvalue weighted by molar-refractivity contribution is 5.96. The maximum Gasteiger partial charge on any atom is 0.267 e. The summed E-state index contributed by atoms with van der Waals surface area (Å²) in [5.74, 6) is 0.599. The lowest BCUT2D eigenvalue weighted by molar-refractivity contribution is 0.0946. The monoisotopic (exact) mass is 445 g/mol. The lowest BCUT2D eigenvalue weighted by atomic mass is 10.1. The van der Waals surface area contributed by atoms with E-state index < -0.39 is 0 Å². The second-order valence-electron chi connectivity index (χ2n) is 8.48. The van der Waals surface area contributed by atoms with Crippen molar-refractivity contribution in [1.82, 2.24) is 19.3 Å². The van der Waals surface area contributed by atoms with Crippen LogP contribution in [-0.2, 0) is 6.54 Å². The number of carbonyl (C=O) groups excluding carboxylic acids is 1. The first kappa shape index (κ1) is 22.3. The summed E-state index contributed by atoms with van der Waals surface area (Å²) in [5.41, 5.74) is 2.50. The zero-order valence-corrected chi connectivity index (χ0v) is 19.2. The largest absolute Gasteiger partial charge is 0.497 e. The van der Waals surface area contributed by atoms with Crippen LogP contribution in [0.25, 0.3) is 16.7 Å². The van der Waals surface area contributed by atoms with Gasteiger partial charge in [-0.3, -0.25) is 19.4 Å². The van der Waals surface area contributed by atoms with Gasteiger partial charge in [0.1, 0.15) is 22.5 Å². The smallest absolute Gasteiger partial charge is 0.267 e. The normalized spacial score (nSPS) is 11.3. The lowest BCUT2D eigenvalue weighted by Gasteiger charge is -2.16. The highest BCUT2D eigenvalue weighted by Crippen LogP contribution is 2.16. The Kier molecular flexibility index (Phi) is 6.00. The summed E-state index contributed by atoms with van der Waals surface area (Å²) in [6, 6.07) is 12.6. The van der Waals surface area contributed by atoms with E-state index in [9.17, 15) is 9.59 Å². The second-order valence-corrected chi connectivity index (χ2v) is 8.48. The minimum Gasteiger partial charge on any atom is -0.497 e. The third kappa shape index (κ3) is 4.24. The molecule has 4 aromatic rings. The Morgan fingerprint density at radius 1 is 1.18 bits per heavy atom. The van der Waals surface area contributed by atoms with E-state index in [4.69, 9.17) is 15.1 Å². The van der Waals surface area contributed by atoms with Crippen molar-refractivity contribution in [2.75, 3.05) is 13.7 Å². The van der Waals surface area contributed by atoms with Gasteiger partial charge < -0.3 is 14.6 Å². The SMILES string of the molecule is COc1ccc(Cn2c(=N)c(C(=O)NCC(C)C)cc3c(=O)n4cccc(C)c4nc32)cc1. The molecule has 1 amide bonds. The number of aromatic nitrogens is 3. The Hall–Kier alpha value is -3.94. The fourth-order valence-electron chi connectivity index (χ4n) is 3.73. The van der Waals surface area contributed by atoms with Crippen LogP contribution in [-0.4, -0.2) is 33.5 Å². The van der Waals surface area contributed by atoms with Crippen LogP contribution < -0.4 is 21.1 Å². The Balaban J connectivity index is 1.98. The molecule has 0 atom stereocenters. The Labute approximate surface area is 191 Å². The quantitative estimate of drug-likeness (QED) is 0.446. The molecule has 3 heterocycles. The van der Waals surface area contributed by atoms with Crippen molar-refractivity contribution < 1.29 is 9.53 Å². The van der Waals surface area contributed by atoms with Gasteiger partial charge in [0, 0.05) is 12.7 Å². The van der Waals surface area contributed by atoms with Crippen LogP contribution in [0.2, 0.25) is 0 Å². The van der Waals surface area contributed by atoms with Crippen LogP contribution >= 0.6 is 0 Å². The number of ether oxygens (including phenoxy) is 1. The molecule has 8 heteroatoms. The lowest BCUT2D eigenvalue weighted by Crippen LogP contribution is -2.36. The van der Waals surface area contributed by atoms with E-state index in [-0.39, 0.29) is 40.4 Å². The van der Waals surface area contributed by atoms with E-state index in [0.717, 1.165) is 16.9 Å². The average Bonchev–Trinajstić information content (AvgIpc) is 2.80. The predicted molar refractivity (Wildman–Crippen MR) is 127 cm³/mol. The van der Waals surface area contributed by atoms with Crippen LogP contribution in [0.15, 0.2) is 53.5 Å². The molecule has 0 saturated heterocycles. The summed E-state index contributed by atoms with van der Waals surface area (Å²) in [7, 11) is 1.60. The number of hydrogen-bond acceptors (Lipinski definition) is 5. The summed E-state index contributed by atoms with van der Waals surface area (Å²) in [6.45, 7) is 6.63.